The second kappa shape index (κ2) is 10.6. The molecule has 0 aliphatic carbocycles. The number of carbonyl (C=O) groups is 2. The van der Waals surface area contributed by atoms with Crippen molar-refractivity contribution in [2.75, 3.05) is 6.61 Å². The van der Waals surface area contributed by atoms with Gasteiger partial charge in [-0.05, 0) is 13.8 Å². The number of carbonyl (C=O) groups excluding carboxylic acids is 2. The van der Waals surface area contributed by atoms with E-state index in [4.69, 9.17) is 5.11 Å². The third-order valence-electron chi connectivity index (χ3n) is 2.02. The molecule has 0 aromatic heterocycles. The van der Waals surface area contributed by atoms with Gasteiger partial charge in [0.15, 0.2) is 0 Å². The molecule has 6 nitrogen and oxygen atoms in total. The zero-order valence-electron chi connectivity index (χ0n) is 12.1. The van der Waals surface area contributed by atoms with Crippen LogP contribution in [0.15, 0.2) is 48.6 Å². The highest BCUT2D eigenvalue weighted by atomic mass is 16.8. The second-order valence-corrected chi connectivity index (χ2v) is 3.80. The number of ether oxygens (including phenoxy) is 2. The number of allylic oxidation sites excluding steroid dienone is 6. The third kappa shape index (κ3) is 9.37. The maximum Gasteiger partial charge on any atom is 0.375 e. The normalized spacial score (nSPS) is 12.8. The van der Waals surface area contributed by atoms with Crippen molar-refractivity contribution in [1.82, 2.24) is 0 Å². The van der Waals surface area contributed by atoms with Gasteiger partial charge >= 0.3 is 17.9 Å². The van der Waals surface area contributed by atoms with Crippen molar-refractivity contribution >= 4 is 11.9 Å². The van der Waals surface area contributed by atoms with Gasteiger partial charge in [0.2, 0.25) is 0 Å². The van der Waals surface area contributed by atoms with Crippen LogP contribution in [0.5, 0.6) is 0 Å². The Morgan fingerprint density at radius 1 is 0.952 bits per heavy atom. The van der Waals surface area contributed by atoms with Gasteiger partial charge in [0.25, 0.3) is 0 Å². The summed E-state index contributed by atoms with van der Waals surface area (Å²) in [6.07, 6.45) is 11.0. The van der Waals surface area contributed by atoms with Crippen molar-refractivity contribution in [3.63, 3.8) is 0 Å². The van der Waals surface area contributed by atoms with E-state index in [0.717, 1.165) is 12.2 Å². The van der Waals surface area contributed by atoms with Crippen molar-refractivity contribution in [3.05, 3.63) is 48.6 Å². The van der Waals surface area contributed by atoms with Crippen LogP contribution in [0.3, 0.4) is 0 Å². The molecule has 0 aromatic rings. The summed E-state index contributed by atoms with van der Waals surface area (Å²) in [4.78, 5) is 22.9. The first-order chi connectivity index (χ1) is 9.97. The average molecular weight is 296 g/mol. The van der Waals surface area contributed by atoms with Gasteiger partial charge in [-0.15, -0.1) is 0 Å². The van der Waals surface area contributed by atoms with Gasteiger partial charge in [0, 0.05) is 12.2 Å². The molecule has 2 N–H and O–H groups in total. The molecule has 0 aromatic carbocycles. The number of aliphatic hydroxyl groups excluding tert-OH is 1. The van der Waals surface area contributed by atoms with E-state index in [-0.39, 0.29) is 0 Å². The van der Waals surface area contributed by atoms with Gasteiger partial charge in [-0.1, -0.05) is 36.5 Å². The Morgan fingerprint density at radius 3 is 1.71 bits per heavy atom. The SMILES string of the molecule is C/C=C/C=C/C(=O)OC(O)(CCO)OC(=O)/C=C/C=C/C. The Morgan fingerprint density at radius 2 is 1.38 bits per heavy atom. The minimum Gasteiger partial charge on any atom is -0.396 e. The van der Waals surface area contributed by atoms with Crippen LogP contribution in [0.25, 0.3) is 0 Å². The summed E-state index contributed by atoms with van der Waals surface area (Å²) in [6.45, 7) is 2.99. The minimum atomic E-state index is -2.51. The molecule has 0 bridgehead atoms. The van der Waals surface area contributed by atoms with Gasteiger partial charge < -0.3 is 19.7 Å². The van der Waals surface area contributed by atoms with Crippen LogP contribution < -0.4 is 0 Å². The van der Waals surface area contributed by atoms with Crippen molar-refractivity contribution in [1.29, 1.82) is 0 Å². The Kier molecular flexibility index (Phi) is 9.49. The lowest BCUT2D eigenvalue weighted by Gasteiger charge is -2.25. The molecule has 0 amide bonds. The fourth-order valence-electron chi connectivity index (χ4n) is 1.14. The molecule has 0 unspecified atom stereocenters. The number of aliphatic hydroxyl groups is 2. The van der Waals surface area contributed by atoms with E-state index < -0.39 is 30.9 Å². The van der Waals surface area contributed by atoms with E-state index in [1.54, 1.807) is 38.2 Å². The lowest BCUT2D eigenvalue weighted by Crippen LogP contribution is -2.40. The van der Waals surface area contributed by atoms with Gasteiger partial charge in [0.05, 0.1) is 13.0 Å². The molecule has 0 heterocycles. The topological polar surface area (TPSA) is 93.1 Å². The molecule has 0 radical (unpaired) electrons. The van der Waals surface area contributed by atoms with E-state index >= 15 is 0 Å². The lowest BCUT2D eigenvalue weighted by molar-refractivity contribution is -0.325. The molecule has 0 aliphatic rings. The Bertz CT molecular complexity index is 409. The highest BCUT2D eigenvalue weighted by Gasteiger charge is 2.34. The molecule has 21 heavy (non-hydrogen) atoms. The predicted molar refractivity (Wildman–Crippen MR) is 76.7 cm³/mol. The molecule has 0 atom stereocenters. The maximum atomic E-state index is 11.4. The van der Waals surface area contributed by atoms with E-state index in [1.807, 2.05) is 0 Å². The summed E-state index contributed by atoms with van der Waals surface area (Å²) in [5.74, 6) is -4.33. The molecule has 0 fully saturated rings. The molecule has 0 saturated heterocycles. The first kappa shape index (κ1) is 18.8. The van der Waals surface area contributed by atoms with Gasteiger partial charge in [0.1, 0.15) is 0 Å². The number of hydrogen-bond donors (Lipinski definition) is 2. The highest BCUT2D eigenvalue weighted by Crippen LogP contribution is 2.15. The van der Waals surface area contributed by atoms with Crippen LogP contribution in [0.1, 0.15) is 20.3 Å². The molecule has 0 rings (SSSR count). The quantitative estimate of drug-likeness (QED) is 0.304. The van der Waals surface area contributed by atoms with Gasteiger partial charge in [-0.3, -0.25) is 0 Å². The van der Waals surface area contributed by atoms with Crippen LogP contribution in [0.4, 0.5) is 0 Å². The van der Waals surface area contributed by atoms with Crippen molar-refractivity contribution < 1.29 is 29.3 Å². The minimum absolute atomic E-state index is 0.459. The molecule has 0 aliphatic heterocycles. The zero-order chi connectivity index (χ0) is 16.1. The maximum absolute atomic E-state index is 11.4. The van der Waals surface area contributed by atoms with E-state index in [2.05, 4.69) is 9.47 Å². The monoisotopic (exact) mass is 296 g/mol. The number of esters is 2. The Balaban J connectivity index is 4.75. The van der Waals surface area contributed by atoms with E-state index in [1.165, 1.54) is 12.2 Å². The molecule has 116 valence electrons. The van der Waals surface area contributed by atoms with Crippen molar-refractivity contribution in [3.8, 4) is 0 Å². The number of hydrogen-bond acceptors (Lipinski definition) is 6. The smallest absolute Gasteiger partial charge is 0.375 e. The third-order valence-corrected chi connectivity index (χ3v) is 2.02. The van der Waals surface area contributed by atoms with Crippen molar-refractivity contribution in [2.24, 2.45) is 0 Å². The predicted octanol–water partition coefficient (Wildman–Crippen LogP) is 1.37. The fourth-order valence-corrected chi connectivity index (χ4v) is 1.14. The summed E-state index contributed by atoms with van der Waals surface area (Å²) in [5, 5.41) is 18.8. The molecule has 0 spiro atoms. The van der Waals surface area contributed by atoms with Crippen molar-refractivity contribution in [2.45, 2.75) is 26.2 Å². The standard InChI is InChI=1S/C15H20O6/c1-3-5-7-9-13(17)20-15(19,11-12-16)21-14(18)10-8-6-4-2/h3-10,16,19H,11-12H2,1-2H3/b5-3+,6-4+,9-7+,10-8+. The second-order valence-electron chi connectivity index (χ2n) is 3.80. The average Bonchev–Trinajstić information content (AvgIpc) is 2.39. The molecular weight excluding hydrogens is 276 g/mol. The van der Waals surface area contributed by atoms with Gasteiger partial charge in [-0.25, -0.2) is 9.59 Å². The number of rotatable bonds is 8. The van der Waals surface area contributed by atoms with Crippen LogP contribution in [-0.2, 0) is 19.1 Å². The van der Waals surface area contributed by atoms with E-state index in [0.29, 0.717) is 0 Å². The first-order valence-corrected chi connectivity index (χ1v) is 6.35. The molecular formula is C15H20O6. The lowest BCUT2D eigenvalue weighted by atomic mass is 10.3. The van der Waals surface area contributed by atoms with Crippen LogP contribution in [0.2, 0.25) is 0 Å². The van der Waals surface area contributed by atoms with E-state index in [9.17, 15) is 14.7 Å². The van der Waals surface area contributed by atoms with Gasteiger partial charge in [-0.2, -0.15) is 0 Å². The zero-order valence-corrected chi connectivity index (χ0v) is 12.1. The Labute approximate surface area is 123 Å². The summed E-state index contributed by atoms with van der Waals surface area (Å²) in [5.41, 5.74) is 0. The van der Waals surface area contributed by atoms with Crippen LogP contribution in [0, 0.1) is 0 Å². The molecule has 0 saturated carbocycles. The first-order valence-electron chi connectivity index (χ1n) is 6.35. The summed E-state index contributed by atoms with van der Waals surface area (Å²) < 4.78 is 9.29. The molecule has 6 heteroatoms. The summed E-state index contributed by atoms with van der Waals surface area (Å²) >= 11 is 0. The Hall–Kier alpha value is -2.18. The largest absolute Gasteiger partial charge is 0.396 e. The van der Waals surface area contributed by atoms with Crippen LogP contribution in [-0.4, -0.2) is 34.7 Å². The summed E-state index contributed by atoms with van der Waals surface area (Å²) in [7, 11) is 0. The highest BCUT2D eigenvalue weighted by molar-refractivity contribution is 5.84. The fraction of sp³-hybridized carbons (Fsp3) is 0.333. The van der Waals surface area contributed by atoms with Crippen LogP contribution >= 0.6 is 0 Å². The summed E-state index contributed by atoms with van der Waals surface area (Å²) in [6, 6.07) is 0.